The summed E-state index contributed by atoms with van der Waals surface area (Å²) in [7, 11) is 0. The maximum atomic E-state index is 13.4. The van der Waals surface area contributed by atoms with Gasteiger partial charge in [-0.05, 0) is 42.5 Å². The average Bonchev–Trinajstić information content (AvgIpc) is 2.72. The number of hydrogen-bond donors (Lipinski definition) is 0. The number of alkyl halides is 5. The normalized spacial score (nSPS) is 11.3. The fraction of sp³-hybridized carbons (Fsp3) is 0.400. The Hall–Kier alpha value is -2.01. The van der Waals surface area contributed by atoms with Crippen LogP contribution in [-0.2, 0) is 12.6 Å². The van der Waals surface area contributed by atoms with E-state index in [0.29, 0.717) is 23.5 Å². The molecular formula is C20H21F5N2O2S2. The lowest BCUT2D eigenvalue weighted by atomic mass is 9.92. The Balaban J connectivity index is 0.000000683. The number of pyridine rings is 2. The Bertz CT molecular complexity index is 865. The Morgan fingerprint density at radius 1 is 0.968 bits per heavy atom. The Morgan fingerprint density at radius 3 is 1.81 bits per heavy atom. The minimum Gasteiger partial charge on any atom is -0.281 e. The second kappa shape index (κ2) is 12.1. The molecule has 2 rings (SSSR count). The van der Waals surface area contributed by atoms with Crippen LogP contribution in [0.25, 0.3) is 0 Å². The highest BCUT2D eigenvalue weighted by atomic mass is 32.2. The third-order valence-electron chi connectivity index (χ3n) is 3.76. The predicted octanol–water partition coefficient (Wildman–Crippen LogP) is 6.32. The van der Waals surface area contributed by atoms with Crippen LogP contribution in [0.1, 0.15) is 57.9 Å². The van der Waals surface area contributed by atoms with Crippen molar-refractivity contribution in [3.05, 3.63) is 58.7 Å². The van der Waals surface area contributed by atoms with Crippen LogP contribution in [0.15, 0.2) is 30.6 Å². The van der Waals surface area contributed by atoms with E-state index in [9.17, 15) is 31.5 Å². The fourth-order valence-electron chi connectivity index (χ4n) is 2.59. The van der Waals surface area contributed by atoms with Crippen molar-refractivity contribution < 1.29 is 31.5 Å². The maximum Gasteiger partial charge on any atom is 0.434 e. The molecule has 2 aromatic heterocycles. The molecule has 2 aromatic rings. The molecule has 4 nitrogen and oxygen atoms in total. The lowest BCUT2D eigenvalue weighted by molar-refractivity contribution is -0.141. The van der Waals surface area contributed by atoms with Crippen molar-refractivity contribution >= 4 is 33.8 Å². The summed E-state index contributed by atoms with van der Waals surface area (Å²) in [5.41, 5.74) is -4.63. The van der Waals surface area contributed by atoms with Gasteiger partial charge in [0.2, 0.25) is 10.2 Å². The summed E-state index contributed by atoms with van der Waals surface area (Å²) in [6.45, 7) is 3.30. The van der Waals surface area contributed by atoms with Crippen LogP contribution in [0.4, 0.5) is 22.0 Å². The van der Waals surface area contributed by atoms with E-state index >= 15 is 0 Å². The number of carbonyl (C=O) groups excluding carboxylic acids is 2. The van der Waals surface area contributed by atoms with Crippen molar-refractivity contribution in [3.63, 3.8) is 0 Å². The molecule has 0 saturated carbocycles. The number of aromatic nitrogens is 2. The summed E-state index contributed by atoms with van der Waals surface area (Å²) in [6.07, 6.45) is -2.51. The summed E-state index contributed by atoms with van der Waals surface area (Å²) in [6, 6.07) is 5.72. The van der Waals surface area contributed by atoms with Crippen LogP contribution in [0.2, 0.25) is 0 Å². The van der Waals surface area contributed by atoms with Gasteiger partial charge in [-0.2, -0.15) is 13.2 Å². The van der Waals surface area contributed by atoms with Crippen LogP contribution in [0.5, 0.6) is 0 Å². The van der Waals surface area contributed by atoms with Crippen molar-refractivity contribution in [2.45, 2.75) is 32.9 Å². The molecule has 31 heavy (non-hydrogen) atoms. The van der Waals surface area contributed by atoms with Crippen molar-refractivity contribution in [1.82, 2.24) is 9.97 Å². The fourth-order valence-corrected chi connectivity index (χ4v) is 3.45. The average molecular weight is 481 g/mol. The van der Waals surface area contributed by atoms with Gasteiger partial charge in [0, 0.05) is 12.4 Å². The van der Waals surface area contributed by atoms with Gasteiger partial charge in [-0.1, -0.05) is 43.4 Å². The molecule has 0 aliphatic rings. The van der Waals surface area contributed by atoms with E-state index in [1.54, 1.807) is 26.2 Å². The molecule has 0 fully saturated rings. The largest absolute Gasteiger partial charge is 0.434 e. The molecule has 0 atom stereocenters. The van der Waals surface area contributed by atoms with E-state index in [1.165, 1.54) is 12.5 Å². The summed E-state index contributed by atoms with van der Waals surface area (Å²) in [4.78, 5) is 31.1. The zero-order valence-electron chi connectivity index (χ0n) is 17.2. The van der Waals surface area contributed by atoms with Crippen LogP contribution in [0.3, 0.4) is 0 Å². The van der Waals surface area contributed by atoms with Crippen molar-refractivity contribution in [3.8, 4) is 0 Å². The number of thioether (sulfide) groups is 2. The van der Waals surface area contributed by atoms with E-state index in [4.69, 9.17) is 0 Å². The van der Waals surface area contributed by atoms with E-state index in [-0.39, 0.29) is 17.9 Å². The molecule has 0 amide bonds. The van der Waals surface area contributed by atoms with Crippen LogP contribution >= 0.6 is 23.5 Å². The second-order valence-electron chi connectivity index (χ2n) is 6.48. The SMILES string of the molecule is CSC(=O)c1c(C(F)F)nc(C(F)(F)F)c(C(=O)SC)c1CC(C)C.c1ccncc1. The minimum absolute atomic E-state index is 0.130. The highest BCUT2D eigenvalue weighted by molar-refractivity contribution is 8.13. The molecule has 0 radical (unpaired) electrons. The van der Waals surface area contributed by atoms with Gasteiger partial charge in [-0.25, -0.2) is 13.8 Å². The van der Waals surface area contributed by atoms with E-state index in [0.717, 1.165) is 0 Å². The second-order valence-corrected chi connectivity index (χ2v) is 8.04. The third kappa shape index (κ3) is 7.57. The van der Waals surface area contributed by atoms with Gasteiger partial charge in [-0.3, -0.25) is 14.6 Å². The predicted molar refractivity (Wildman–Crippen MR) is 113 cm³/mol. The number of carbonyl (C=O) groups is 2. The van der Waals surface area contributed by atoms with Gasteiger partial charge in [-0.15, -0.1) is 0 Å². The molecule has 0 N–H and O–H groups in total. The summed E-state index contributed by atoms with van der Waals surface area (Å²) in [5, 5.41) is -1.81. The molecule has 2 heterocycles. The third-order valence-corrected chi connectivity index (χ3v) is 4.91. The Labute approximate surface area is 185 Å². The van der Waals surface area contributed by atoms with Crippen molar-refractivity contribution in [2.75, 3.05) is 12.5 Å². The van der Waals surface area contributed by atoms with Gasteiger partial charge >= 0.3 is 6.18 Å². The Morgan fingerprint density at radius 2 is 1.48 bits per heavy atom. The monoisotopic (exact) mass is 480 g/mol. The van der Waals surface area contributed by atoms with E-state index < -0.39 is 45.3 Å². The zero-order chi connectivity index (χ0) is 23.8. The first kappa shape index (κ1) is 27.0. The van der Waals surface area contributed by atoms with Crippen molar-refractivity contribution in [1.29, 1.82) is 0 Å². The molecule has 0 saturated heterocycles. The molecule has 0 aromatic carbocycles. The number of rotatable bonds is 5. The number of hydrogen-bond acceptors (Lipinski definition) is 6. The first-order chi connectivity index (χ1) is 14.4. The first-order valence-electron chi connectivity index (χ1n) is 8.89. The van der Waals surface area contributed by atoms with E-state index in [2.05, 4.69) is 9.97 Å². The topological polar surface area (TPSA) is 59.9 Å². The summed E-state index contributed by atoms with van der Waals surface area (Å²) in [5.74, 6) is -0.268. The number of halogens is 5. The molecule has 0 unspecified atom stereocenters. The smallest absolute Gasteiger partial charge is 0.281 e. The van der Waals surface area contributed by atoms with Crippen LogP contribution in [-0.4, -0.2) is 32.7 Å². The standard InChI is InChI=1S/C15H16F5NO2S2.C5H5N/c1-6(2)5-7-8(13(22)24-3)10(12(16)17)21-11(15(18,19)20)9(7)14(23)25-4;1-2-4-6-5-3-1/h6,12H,5H2,1-4H3;1-5H. The molecule has 0 aliphatic carbocycles. The molecule has 0 aliphatic heterocycles. The summed E-state index contributed by atoms with van der Waals surface area (Å²) < 4.78 is 66.8. The molecule has 11 heteroatoms. The summed E-state index contributed by atoms with van der Waals surface area (Å²) >= 11 is 1.09. The zero-order valence-corrected chi connectivity index (χ0v) is 18.8. The van der Waals surface area contributed by atoms with Gasteiger partial charge < -0.3 is 0 Å². The molecule has 0 spiro atoms. The molecule has 0 bridgehead atoms. The molecular weight excluding hydrogens is 459 g/mol. The van der Waals surface area contributed by atoms with Gasteiger partial charge in [0.1, 0.15) is 5.69 Å². The first-order valence-corrected chi connectivity index (χ1v) is 11.3. The maximum absolute atomic E-state index is 13.4. The van der Waals surface area contributed by atoms with E-state index in [1.807, 2.05) is 18.2 Å². The van der Waals surface area contributed by atoms with Gasteiger partial charge in [0.15, 0.2) is 5.69 Å². The van der Waals surface area contributed by atoms with Gasteiger partial charge in [0.05, 0.1) is 11.1 Å². The molecule has 170 valence electrons. The quantitative estimate of drug-likeness (QED) is 0.467. The Kier molecular flexibility index (Phi) is 10.6. The highest BCUT2D eigenvalue weighted by Crippen LogP contribution is 2.39. The lowest BCUT2D eigenvalue weighted by Gasteiger charge is -2.21. The number of nitrogens with zero attached hydrogens (tertiary/aromatic N) is 2. The highest BCUT2D eigenvalue weighted by Gasteiger charge is 2.42. The van der Waals surface area contributed by atoms with Crippen LogP contribution < -0.4 is 0 Å². The minimum atomic E-state index is -5.10. The van der Waals surface area contributed by atoms with Gasteiger partial charge in [0.25, 0.3) is 6.43 Å². The van der Waals surface area contributed by atoms with Crippen molar-refractivity contribution in [2.24, 2.45) is 5.92 Å². The lowest BCUT2D eigenvalue weighted by Crippen LogP contribution is -2.23. The van der Waals surface area contributed by atoms with Crippen LogP contribution in [0, 0.1) is 5.92 Å².